The Morgan fingerprint density at radius 1 is 1.24 bits per heavy atom. The third-order valence-electron chi connectivity index (χ3n) is 3.51. The first-order valence-corrected chi connectivity index (χ1v) is 8.80. The number of anilines is 1. The summed E-state index contributed by atoms with van der Waals surface area (Å²) in [4.78, 5) is 23.6. The van der Waals surface area contributed by atoms with Gasteiger partial charge in [0, 0.05) is 23.4 Å². The minimum atomic E-state index is -0.507. The highest BCUT2D eigenvalue weighted by Crippen LogP contribution is 2.29. The highest BCUT2D eigenvalue weighted by Gasteiger charge is 2.13. The van der Waals surface area contributed by atoms with Crippen molar-refractivity contribution >= 4 is 29.0 Å². The van der Waals surface area contributed by atoms with Gasteiger partial charge in [0.05, 0.1) is 17.7 Å². The van der Waals surface area contributed by atoms with Crippen molar-refractivity contribution < 1.29 is 14.5 Å². The number of rotatable bonds is 8. The smallest absolute Gasteiger partial charge is 0.271 e. The maximum atomic E-state index is 12.1. The fraction of sp³-hybridized carbons (Fsp3) is 0.278. The van der Waals surface area contributed by atoms with Crippen LogP contribution in [-0.4, -0.2) is 23.7 Å². The van der Waals surface area contributed by atoms with Gasteiger partial charge in [0.1, 0.15) is 5.75 Å². The Morgan fingerprint density at radius 2 is 1.96 bits per heavy atom. The molecule has 2 aromatic carbocycles. The molecule has 0 aliphatic rings. The quantitative estimate of drug-likeness (QED) is 0.326. The number of carbonyl (C=O) groups excluding carboxylic acids is 1. The van der Waals surface area contributed by atoms with Crippen LogP contribution in [0.25, 0.3) is 0 Å². The highest BCUT2D eigenvalue weighted by atomic mass is 32.2. The third kappa shape index (κ3) is 5.79. The summed E-state index contributed by atoms with van der Waals surface area (Å²) in [5.41, 5.74) is 1.44. The monoisotopic (exact) mass is 360 g/mol. The molecule has 0 saturated carbocycles. The van der Waals surface area contributed by atoms with Crippen molar-refractivity contribution in [1.29, 1.82) is 0 Å². The van der Waals surface area contributed by atoms with E-state index in [9.17, 15) is 14.9 Å². The summed E-state index contributed by atoms with van der Waals surface area (Å²) in [6, 6.07) is 12.4. The van der Waals surface area contributed by atoms with E-state index in [1.54, 1.807) is 11.8 Å². The minimum Gasteiger partial charge on any atom is -0.495 e. The average molecular weight is 360 g/mol. The summed E-state index contributed by atoms with van der Waals surface area (Å²) in [5.74, 6) is 1.03. The number of methoxy groups -OCH3 is 1. The lowest BCUT2D eigenvalue weighted by molar-refractivity contribution is -0.384. The molecule has 0 heterocycles. The van der Waals surface area contributed by atoms with Gasteiger partial charge in [-0.15, -0.1) is 11.8 Å². The predicted molar refractivity (Wildman–Crippen MR) is 99.4 cm³/mol. The number of nitro benzene ring substituents is 1. The SMILES string of the molecule is COc1ccc([N+](=O)[O-])cc1NC(=O)CCCSc1ccc(C)cc1. The van der Waals surface area contributed by atoms with E-state index in [0.29, 0.717) is 24.3 Å². The van der Waals surface area contributed by atoms with Crippen molar-refractivity contribution in [1.82, 2.24) is 0 Å². The van der Waals surface area contributed by atoms with E-state index in [2.05, 4.69) is 29.6 Å². The van der Waals surface area contributed by atoms with Crippen molar-refractivity contribution in [3.63, 3.8) is 0 Å². The molecule has 1 amide bonds. The number of non-ortho nitro benzene ring substituents is 1. The summed E-state index contributed by atoms with van der Waals surface area (Å²) >= 11 is 1.70. The third-order valence-corrected chi connectivity index (χ3v) is 4.60. The van der Waals surface area contributed by atoms with E-state index < -0.39 is 4.92 Å². The topological polar surface area (TPSA) is 81.5 Å². The molecule has 25 heavy (non-hydrogen) atoms. The molecular formula is C18H20N2O4S. The summed E-state index contributed by atoms with van der Waals surface area (Å²) < 4.78 is 5.13. The van der Waals surface area contributed by atoms with Crippen molar-refractivity contribution in [2.75, 3.05) is 18.2 Å². The van der Waals surface area contributed by atoms with Gasteiger partial charge >= 0.3 is 0 Å². The fourth-order valence-corrected chi connectivity index (χ4v) is 3.03. The highest BCUT2D eigenvalue weighted by molar-refractivity contribution is 7.99. The zero-order valence-electron chi connectivity index (χ0n) is 14.2. The van der Waals surface area contributed by atoms with E-state index >= 15 is 0 Å². The zero-order valence-corrected chi connectivity index (χ0v) is 15.0. The number of hydrogen-bond acceptors (Lipinski definition) is 5. The Morgan fingerprint density at radius 3 is 2.60 bits per heavy atom. The normalized spacial score (nSPS) is 10.3. The molecule has 0 spiro atoms. The summed E-state index contributed by atoms with van der Waals surface area (Å²) in [6.45, 7) is 2.04. The van der Waals surface area contributed by atoms with E-state index in [0.717, 1.165) is 5.75 Å². The van der Waals surface area contributed by atoms with Crippen LogP contribution in [0.3, 0.4) is 0 Å². The molecule has 6 nitrogen and oxygen atoms in total. The van der Waals surface area contributed by atoms with Gasteiger partial charge in [0.25, 0.3) is 5.69 Å². The summed E-state index contributed by atoms with van der Waals surface area (Å²) in [7, 11) is 1.45. The summed E-state index contributed by atoms with van der Waals surface area (Å²) in [5, 5.41) is 13.5. The number of nitro groups is 1. The number of hydrogen-bond donors (Lipinski definition) is 1. The van der Waals surface area contributed by atoms with Crippen molar-refractivity contribution in [3.05, 3.63) is 58.1 Å². The van der Waals surface area contributed by atoms with Gasteiger partial charge < -0.3 is 10.1 Å². The van der Waals surface area contributed by atoms with E-state index in [4.69, 9.17) is 4.74 Å². The van der Waals surface area contributed by atoms with Crippen LogP contribution in [0, 0.1) is 17.0 Å². The molecule has 0 saturated heterocycles. The fourth-order valence-electron chi connectivity index (χ4n) is 2.18. The van der Waals surface area contributed by atoms with Crippen molar-refractivity contribution in [2.24, 2.45) is 0 Å². The van der Waals surface area contributed by atoms with Gasteiger partial charge in [0.15, 0.2) is 0 Å². The number of ether oxygens (including phenoxy) is 1. The number of benzene rings is 2. The molecule has 2 rings (SSSR count). The molecule has 2 aromatic rings. The maximum Gasteiger partial charge on any atom is 0.271 e. The molecule has 0 aliphatic heterocycles. The Hall–Kier alpha value is -2.54. The first-order chi connectivity index (χ1) is 12.0. The molecule has 7 heteroatoms. The number of nitrogens with one attached hydrogen (secondary N) is 1. The molecule has 0 unspecified atom stereocenters. The van der Waals surface area contributed by atoms with Crippen LogP contribution in [0.1, 0.15) is 18.4 Å². The van der Waals surface area contributed by atoms with Crippen LogP contribution in [0.4, 0.5) is 11.4 Å². The van der Waals surface area contributed by atoms with Crippen LogP contribution in [-0.2, 0) is 4.79 Å². The Bertz CT molecular complexity index is 747. The van der Waals surface area contributed by atoms with E-state index in [1.807, 2.05) is 6.92 Å². The summed E-state index contributed by atoms with van der Waals surface area (Å²) in [6.07, 6.45) is 1.05. The van der Waals surface area contributed by atoms with Gasteiger partial charge in [0.2, 0.25) is 5.91 Å². The van der Waals surface area contributed by atoms with E-state index in [-0.39, 0.29) is 11.6 Å². The van der Waals surface area contributed by atoms with Crippen LogP contribution in [0.2, 0.25) is 0 Å². The van der Waals surface area contributed by atoms with Gasteiger partial charge in [-0.2, -0.15) is 0 Å². The lowest BCUT2D eigenvalue weighted by atomic mass is 10.2. The van der Waals surface area contributed by atoms with Crippen molar-refractivity contribution in [2.45, 2.75) is 24.7 Å². The first-order valence-electron chi connectivity index (χ1n) is 7.81. The van der Waals surface area contributed by atoms with Gasteiger partial charge in [-0.25, -0.2) is 0 Å². The molecule has 0 aliphatic carbocycles. The Labute approximate surface area is 150 Å². The van der Waals surface area contributed by atoms with Crippen molar-refractivity contribution in [3.8, 4) is 5.75 Å². The predicted octanol–water partition coefficient (Wildman–Crippen LogP) is 4.42. The lowest BCUT2D eigenvalue weighted by Gasteiger charge is -2.10. The molecular weight excluding hydrogens is 340 g/mol. The van der Waals surface area contributed by atoms with Crippen LogP contribution < -0.4 is 10.1 Å². The second kappa shape index (κ2) is 9.08. The number of carbonyl (C=O) groups is 1. The van der Waals surface area contributed by atoms with Crippen LogP contribution in [0.15, 0.2) is 47.4 Å². The maximum absolute atomic E-state index is 12.1. The van der Waals surface area contributed by atoms with Crippen LogP contribution in [0.5, 0.6) is 5.75 Å². The van der Waals surface area contributed by atoms with Gasteiger partial charge in [-0.05, 0) is 37.3 Å². The first kappa shape index (κ1) is 18.8. The zero-order chi connectivity index (χ0) is 18.2. The standard InChI is InChI=1S/C18H20N2O4S/c1-13-5-8-15(9-6-13)25-11-3-4-18(21)19-16-12-14(20(22)23)7-10-17(16)24-2/h5-10,12H,3-4,11H2,1-2H3,(H,19,21). The molecule has 0 fully saturated rings. The average Bonchev–Trinajstić information content (AvgIpc) is 2.60. The second-order valence-corrected chi connectivity index (χ2v) is 6.62. The number of nitrogens with zero attached hydrogens (tertiary/aromatic N) is 1. The molecule has 0 atom stereocenters. The lowest BCUT2D eigenvalue weighted by Crippen LogP contribution is -2.12. The number of aryl methyl sites for hydroxylation is 1. The van der Waals surface area contributed by atoms with Crippen LogP contribution >= 0.6 is 11.8 Å². The Balaban J connectivity index is 1.84. The molecule has 0 aromatic heterocycles. The molecule has 1 N–H and O–H groups in total. The second-order valence-electron chi connectivity index (χ2n) is 5.45. The molecule has 0 radical (unpaired) electrons. The number of thioether (sulfide) groups is 1. The largest absolute Gasteiger partial charge is 0.495 e. The van der Waals surface area contributed by atoms with Gasteiger partial charge in [-0.1, -0.05) is 17.7 Å². The van der Waals surface area contributed by atoms with E-state index in [1.165, 1.54) is 35.8 Å². The van der Waals surface area contributed by atoms with Gasteiger partial charge in [-0.3, -0.25) is 14.9 Å². The molecule has 0 bridgehead atoms. The minimum absolute atomic E-state index is 0.0916. The Kier molecular flexibility index (Phi) is 6.82. The number of amides is 1. The molecule has 132 valence electrons.